The number of alkyl halides is 3. The third-order valence-corrected chi connectivity index (χ3v) is 5.11. The van der Waals surface area contributed by atoms with Crippen LogP contribution in [0.15, 0.2) is 60.7 Å². The zero-order chi connectivity index (χ0) is 20.4. The maximum absolute atomic E-state index is 13.0. The van der Waals surface area contributed by atoms with Crippen molar-refractivity contribution in [3.63, 3.8) is 0 Å². The Labute approximate surface area is 165 Å². The van der Waals surface area contributed by atoms with Crippen LogP contribution in [0.5, 0.6) is 0 Å². The van der Waals surface area contributed by atoms with Gasteiger partial charge in [0.25, 0.3) is 0 Å². The molecule has 1 aliphatic carbocycles. The van der Waals surface area contributed by atoms with Crippen molar-refractivity contribution in [2.75, 3.05) is 0 Å². The first-order chi connectivity index (χ1) is 13.9. The number of aromatic nitrogens is 2. The molecular formula is C22H20F3N3O. The number of hydrogen-bond acceptors (Lipinski definition) is 2. The fourth-order valence-corrected chi connectivity index (χ4v) is 3.67. The van der Waals surface area contributed by atoms with E-state index >= 15 is 0 Å². The smallest absolute Gasteiger partial charge is 0.345 e. The van der Waals surface area contributed by atoms with Crippen LogP contribution in [0.1, 0.15) is 42.3 Å². The quantitative estimate of drug-likeness (QED) is 0.584. The topological polar surface area (TPSA) is 57.8 Å². The van der Waals surface area contributed by atoms with E-state index < -0.39 is 18.0 Å². The number of nitrogens with zero attached hydrogens (tertiary/aromatic N) is 1. The van der Waals surface area contributed by atoms with E-state index in [1.54, 1.807) is 12.1 Å². The predicted octanol–water partition coefficient (Wildman–Crippen LogP) is 5.14. The van der Waals surface area contributed by atoms with E-state index in [0.29, 0.717) is 12.0 Å². The fourth-order valence-electron chi connectivity index (χ4n) is 3.67. The maximum Gasteiger partial charge on any atom is 0.449 e. The second kappa shape index (κ2) is 7.73. The molecule has 0 fully saturated rings. The molecule has 3 aromatic rings. The average Bonchev–Trinajstić information content (AvgIpc) is 3.35. The Balaban J connectivity index is 1.65. The normalized spacial score (nSPS) is 17.6. The second-order valence-electron chi connectivity index (χ2n) is 7.24. The lowest BCUT2D eigenvalue weighted by Crippen LogP contribution is -2.30. The third-order valence-electron chi connectivity index (χ3n) is 5.11. The molecule has 2 N–H and O–H groups in total. The van der Waals surface area contributed by atoms with E-state index in [0.717, 1.165) is 18.4 Å². The summed E-state index contributed by atoms with van der Waals surface area (Å²) >= 11 is 0. The summed E-state index contributed by atoms with van der Waals surface area (Å²) in [7, 11) is 0. The number of carbonyl (C=O) groups is 1. The SMILES string of the molecule is O=C(C[C@H]1C=CCC1)N[C@H](c1ccccc1)c1ccc2nc(C(F)(F)F)[nH]c2c1. The summed E-state index contributed by atoms with van der Waals surface area (Å²) in [5.74, 6) is -0.884. The third kappa shape index (κ3) is 4.34. The van der Waals surface area contributed by atoms with Gasteiger partial charge in [0.05, 0.1) is 17.1 Å². The fraction of sp³-hybridized carbons (Fsp3) is 0.273. The molecule has 0 aliphatic heterocycles. The molecule has 2 aromatic carbocycles. The lowest BCUT2D eigenvalue weighted by Gasteiger charge is -2.21. The molecular weight excluding hydrogens is 379 g/mol. The second-order valence-corrected chi connectivity index (χ2v) is 7.24. The van der Waals surface area contributed by atoms with Crippen LogP contribution in [0.4, 0.5) is 13.2 Å². The number of amides is 1. The van der Waals surface area contributed by atoms with Gasteiger partial charge in [-0.3, -0.25) is 4.79 Å². The first-order valence-corrected chi connectivity index (χ1v) is 9.48. The average molecular weight is 399 g/mol. The molecule has 1 aliphatic rings. The molecule has 4 rings (SSSR count). The molecule has 0 saturated heterocycles. The van der Waals surface area contributed by atoms with Gasteiger partial charge in [0.2, 0.25) is 11.7 Å². The number of carbonyl (C=O) groups excluding carboxylic acids is 1. The van der Waals surface area contributed by atoms with E-state index in [4.69, 9.17) is 0 Å². The zero-order valence-corrected chi connectivity index (χ0v) is 15.5. The highest BCUT2D eigenvalue weighted by Crippen LogP contribution is 2.31. The molecule has 1 aromatic heterocycles. The van der Waals surface area contributed by atoms with Gasteiger partial charge in [-0.2, -0.15) is 13.2 Å². The van der Waals surface area contributed by atoms with Gasteiger partial charge >= 0.3 is 6.18 Å². The highest BCUT2D eigenvalue weighted by Gasteiger charge is 2.34. The van der Waals surface area contributed by atoms with Gasteiger partial charge < -0.3 is 10.3 Å². The van der Waals surface area contributed by atoms with Crippen LogP contribution >= 0.6 is 0 Å². The maximum atomic E-state index is 13.0. The Hall–Kier alpha value is -3.09. The van der Waals surface area contributed by atoms with Crippen molar-refractivity contribution in [3.8, 4) is 0 Å². The summed E-state index contributed by atoms with van der Waals surface area (Å²) in [6.07, 6.45) is 1.94. The highest BCUT2D eigenvalue weighted by molar-refractivity contribution is 5.79. The number of H-pyrrole nitrogens is 1. The van der Waals surface area contributed by atoms with Crippen molar-refractivity contribution >= 4 is 16.9 Å². The molecule has 0 unspecified atom stereocenters. The number of aromatic amines is 1. The largest absolute Gasteiger partial charge is 0.449 e. The number of halogens is 3. The van der Waals surface area contributed by atoms with Gasteiger partial charge in [0.1, 0.15) is 0 Å². The molecule has 1 heterocycles. The van der Waals surface area contributed by atoms with E-state index in [2.05, 4.69) is 27.4 Å². The lowest BCUT2D eigenvalue weighted by atomic mass is 9.97. The van der Waals surface area contributed by atoms with Gasteiger partial charge in [0.15, 0.2) is 0 Å². The van der Waals surface area contributed by atoms with Crippen LogP contribution in [0.2, 0.25) is 0 Å². The number of allylic oxidation sites excluding steroid dienone is 2. The molecule has 150 valence electrons. The first kappa shape index (κ1) is 19.2. The molecule has 0 spiro atoms. The van der Waals surface area contributed by atoms with Gasteiger partial charge in [-0.25, -0.2) is 4.98 Å². The number of imidazole rings is 1. The Morgan fingerprint density at radius 1 is 1.17 bits per heavy atom. The van der Waals surface area contributed by atoms with Crippen molar-refractivity contribution in [2.45, 2.75) is 31.5 Å². The van der Waals surface area contributed by atoms with Crippen molar-refractivity contribution in [1.29, 1.82) is 0 Å². The van der Waals surface area contributed by atoms with Gasteiger partial charge in [0, 0.05) is 6.42 Å². The van der Waals surface area contributed by atoms with Crippen LogP contribution in [0, 0.1) is 5.92 Å². The molecule has 0 saturated carbocycles. The molecule has 7 heteroatoms. The summed E-state index contributed by atoms with van der Waals surface area (Å²) in [6.45, 7) is 0. The summed E-state index contributed by atoms with van der Waals surface area (Å²) in [4.78, 5) is 18.6. The van der Waals surface area contributed by atoms with Crippen LogP contribution < -0.4 is 5.32 Å². The molecule has 29 heavy (non-hydrogen) atoms. The Bertz CT molecular complexity index is 1040. The number of hydrogen-bond donors (Lipinski definition) is 2. The molecule has 2 atom stereocenters. The number of benzene rings is 2. The summed E-state index contributed by atoms with van der Waals surface area (Å²) in [6, 6.07) is 13.8. The summed E-state index contributed by atoms with van der Waals surface area (Å²) in [5, 5.41) is 3.05. The minimum Gasteiger partial charge on any atom is -0.345 e. The summed E-state index contributed by atoms with van der Waals surface area (Å²) in [5.41, 5.74) is 2.06. The van der Waals surface area contributed by atoms with E-state index in [-0.39, 0.29) is 22.9 Å². The molecule has 1 amide bonds. The number of nitrogens with one attached hydrogen (secondary N) is 2. The van der Waals surface area contributed by atoms with Crippen molar-refractivity contribution in [1.82, 2.24) is 15.3 Å². The van der Waals surface area contributed by atoms with Gasteiger partial charge in [-0.1, -0.05) is 48.6 Å². The summed E-state index contributed by atoms with van der Waals surface area (Å²) < 4.78 is 38.9. The van der Waals surface area contributed by atoms with Crippen molar-refractivity contribution in [2.24, 2.45) is 5.92 Å². The minimum atomic E-state index is -4.54. The first-order valence-electron chi connectivity index (χ1n) is 9.48. The molecule has 4 nitrogen and oxygen atoms in total. The minimum absolute atomic E-state index is 0.0870. The highest BCUT2D eigenvalue weighted by atomic mass is 19.4. The lowest BCUT2D eigenvalue weighted by molar-refractivity contribution is -0.144. The Kier molecular flexibility index (Phi) is 5.13. The van der Waals surface area contributed by atoms with Crippen LogP contribution in [-0.4, -0.2) is 15.9 Å². The zero-order valence-electron chi connectivity index (χ0n) is 15.5. The number of fused-ring (bicyclic) bond motifs is 1. The van der Waals surface area contributed by atoms with Gasteiger partial charge in [-0.05, 0) is 42.0 Å². The molecule has 0 radical (unpaired) electrons. The van der Waals surface area contributed by atoms with E-state index in [1.807, 2.05) is 30.3 Å². The van der Waals surface area contributed by atoms with Crippen LogP contribution in [0.25, 0.3) is 11.0 Å². The van der Waals surface area contributed by atoms with Crippen molar-refractivity contribution < 1.29 is 18.0 Å². The van der Waals surface area contributed by atoms with Crippen molar-refractivity contribution in [3.05, 3.63) is 77.6 Å². The van der Waals surface area contributed by atoms with E-state index in [9.17, 15) is 18.0 Å². The number of rotatable bonds is 5. The predicted molar refractivity (Wildman–Crippen MR) is 104 cm³/mol. The van der Waals surface area contributed by atoms with Crippen LogP contribution in [0.3, 0.4) is 0 Å². The van der Waals surface area contributed by atoms with Crippen LogP contribution in [-0.2, 0) is 11.0 Å². The standard InChI is InChI=1S/C22H20F3N3O/c23-22(24,25)21-26-17-11-10-16(13-18(17)27-21)20(15-8-2-1-3-9-15)28-19(29)12-14-6-4-5-7-14/h1-4,6,8-11,13-14,20H,5,7,12H2,(H,26,27)(H,28,29)/t14-,20+/m0/s1. The Morgan fingerprint density at radius 3 is 2.66 bits per heavy atom. The Morgan fingerprint density at radius 2 is 1.97 bits per heavy atom. The monoisotopic (exact) mass is 399 g/mol. The van der Waals surface area contributed by atoms with E-state index in [1.165, 1.54) is 6.07 Å². The molecule has 0 bridgehead atoms. The van der Waals surface area contributed by atoms with Gasteiger partial charge in [-0.15, -0.1) is 0 Å².